The first-order valence-electron chi connectivity index (χ1n) is 12.2. The van der Waals surface area contributed by atoms with Gasteiger partial charge in [-0.15, -0.1) is 0 Å². The Balaban J connectivity index is 1.38. The van der Waals surface area contributed by atoms with E-state index in [0.29, 0.717) is 45.3 Å². The van der Waals surface area contributed by atoms with Gasteiger partial charge in [-0.3, -0.25) is 24.6 Å². The molecule has 3 amide bonds. The van der Waals surface area contributed by atoms with Crippen LogP contribution in [0.3, 0.4) is 0 Å². The number of hydrogen-bond donors (Lipinski definition) is 4. The molecule has 1 aliphatic heterocycles. The predicted octanol–water partition coefficient (Wildman–Crippen LogP) is -1.98. The maximum atomic E-state index is 12.7. The van der Waals surface area contributed by atoms with E-state index in [0.717, 1.165) is 31.5 Å². The van der Waals surface area contributed by atoms with E-state index in [1.165, 1.54) is 17.0 Å². The van der Waals surface area contributed by atoms with Crippen molar-refractivity contribution in [2.75, 3.05) is 65.6 Å². The van der Waals surface area contributed by atoms with Gasteiger partial charge in [0.1, 0.15) is 6.54 Å². The summed E-state index contributed by atoms with van der Waals surface area (Å²) in [5.74, 6) is -1.17. The lowest BCUT2D eigenvalue weighted by molar-refractivity contribution is -0.138. The monoisotopic (exact) mass is 524 g/mol. The maximum Gasteiger partial charge on any atom is 0.246 e. The number of rotatable bonds is 14. The number of carbonyl (C=O) groups excluding carboxylic acids is 3. The average Bonchev–Trinajstić information content (AvgIpc) is 3.68. The van der Waals surface area contributed by atoms with E-state index in [-0.39, 0.29) is 30.4 Å². The number of carbonyl (C=O) groups is 3. The molecule has 0 bridgehead atoms. The quantitative estimate of drug-likeness (QED) is 0.202. The molecular weight excluding hydrogens is 488 g/mol. The van der Waals surface area contributed by atoms with Gasteiger partial charge in [0.15, 0.2) is 0 Å². The van der Waals surface area contributed by atoms with E-state index >= 15 is 0 Å². The topological polar surface area (TPSA) is 163 Å². The van der Waals surface area contributed by atoms with Gasteiger partial charge in [-0.2, -0.15) is 0 Å². The zero-order valence-electron chi connectivity index (χ0n) is 20.4. The van der Waals surface area contributed by atoms with Crippen LogP contribution >= 0.6 is 0 Å². The summed E-state index contributed by atoms with van der Waals surface area (Å²) in [4.78, 5) is 41.1. The van der Waals surface area contributed by atoms with E-state index in [9.17, 15) is 22.8 Å². The fraction of sp³-hybridized carbons (Fsp3) is 0.609. The minimum atomic E-state index is -3.73. The number of benzene rings is 1. The number of primary sulfonamides is 1. The molecule has 1 saturated carbocycles. The molecule has 0 radical (unpaired) electrons. The van der Waals surface area contributed by atoms with Crippen molar-refractivity contribution in [3.63, 3.8) is 0 Å². The molecule has 2 fully saturated rings. The highest BCUT2D eigenvalue weighted by molar-refractivity contribution is 7.89. The molecule has 0 aromatic heterocycles. The first-order chi connectivity index (χ1) is 17.2. The van der Waals surface area contributed by atoms with E-state index in [1.807, 2.05) is 0 Å². The Morgan fingerprint density at radius 2 is 1.75 bits per heavy atom. The van der Waals surface area contributed by atoms with E-state index in [2.05, 4.69) is 20.9 Å². The number of sulfonamides is 1. The molecule has 36 heavy (non-hydrogen) atoms. The lowest BCUT2D eigenvalue weighted by Crippen LogP contribution is -2.50. The smallest absolute Gasteiger partial charge is 0.246 e. The van der Waals surface area contributed by atoms with Crippen LogP contribution in [0.15, 0.2) is 29.2 Å². The summed E-state index contributed by atoms with van der Waals surface area (Å²) in [6, 6.07) is 6.56. The molecule has 1 aromatic rings. The van der Waals surface area contributed by atoms with Crippen molar-refractivity contribution in [3.8, 4) is 0 Å². The van der Waals surface area contributed by atoms with E-state index < -0.39 is 21.8 Å². The van der Waals surface area contributed by atoms with Gasteiger partial charge in [0.05, 0.1) is 31.2 Å². The van der Waals surface area contributed by atoms with Gasteiger partial charge in [-0.25, -0.2) is 13.6 Å². The van der Waals surface area contributed by atoms with Crippen LogP contribution in [-0.4, -0.2) is 108 Å². The van der Waals surface area contributed by atoms with Crippen molar-refractivity contribution in [1.29, 1.82) is 0 Å². The molecule has 5 N–H and O–H groups in total. The van der Waals surface area contributed by atoms with Gasteiger partial charge in [0.25, 0.3) is 0 Å². The molecule has 12 nitrogen and oxygen atoms in total. The summed E-state index contributed by atoms with van der Waals surface area (Å²) in [6.07, 6.45) is 2.68. The van der Waals surface area contributed by atoms with Crippen LogP contribution in [0.2, 0.25) is 0 Å². The molecule has 13 heteroatoms. The zero-order valence-corrected chi connectivity index (χ0v) is 21.2. The zero-order chi connectivity index (χ0) is 26.0. The summed E-state index contributed by atoms with van der Waals surface area (Å²) in [7, 11) is -3.73. The van der Waals surface area contributed by atoms with Gasteiger partial charge < -0.3 is 20.3 Å². The Morgan fingerprint density at radius 3 is 2.39 bits per heavy atom. The molecular formula is C23H36N6O6S. The van der Waals surface area contributed by atoms with Crippen molar-refractivity contribution < 1.29 is 27.5 Å². The van der Waals surface area contributed by atoms with Crippen LogP contribution in [0, 0.1) is 0 Å². The second-order valence-corrected chi connectivity index (χ2v) is 10.6. The van der Waals surface area contributed by atoms with Crippen LogP contribution in [0.5, 0.6) is 0 Å². The van der Waals surface area contributed by atoms with Gasteiger partial charge in [-0.1, -0.05) is 12.1 Å². The van der Waals surface area contributed by atoms with Gasteiger partial charge in [0.2, 0.25) is 27.7 Å². The number of imide groups is 1. The number of nitrogens with one attached hydrogen (secondary N) is 3. The third-order valence-electron chi connectivity index (χ3n) is 6.00. The predicted molar refractivity (Wildman–Crippen MR) is 132 cm³/mol. The fourth-order valence-electron chi connectivity index (χ4n) is 3.70. The van der Waals surface area contributed by atoms with Crippen LogP contribution < -0.4 is 21.1 Å². The summed E-state index contributed by atoms with van der Waals surface area (Å²) in [5, 5.41) is 13.5. The maximum absolute atomic E-state index is 12.7. The van der Waals surface area contributed by atoms with Gasteiger partial charge in [-0.05, 0) is 43.5 Å². The Kier molecular flexibility index (Phi) is 10.8. The second-order valence-electron chi connectivity index (χ2n) is 9.01. The summed E-state index contributed by atoms with van der Waals surface area (Å²) >= 11 is 0. The highest BCUT2D eigenvalue weighted by Crippen LogP contribution is 2.18. The molecule has 1 aliphatic carbocycles. The Hall–Kier alpha value is -2.42. The SMILES string of the molecule is NS(=O)(=O)c1ccc(CCNCC(=O)NC(=O)CN(CCN2CCOCC2)C(=O)CNC2CC2)cc1. The van der Waals surface area contributed by atoms with Crippen molar-refractivity contribution in [2.24, 2.45) is 5.14 Å². The van der Waals surface area contributed by atoms with E-state index in [4.69, 9.17) is 9.88 Å². The van der Waals surface area contributed by atoms with Gasteiger partial charge in [0, 0.05) is 32.2 Å². The minimum absolute atomic E-state index is 0.0397. The van der Waals surface area contributed by atoms with Crippen molar-refractivity contribution in [3.05, 3.63) is 29.8 Å². The third kappa shape index (κ3) is 10.3. The van der Waals surface area contributed by atoms with Crippen LogP contribution in [0.1, 0.15) is 18.4 Å². The number of morpholine rings is 1. The average molecular weight is 525 g/mol. The first kappa shape index (κ1) is 28.2. The Morgan fingerprint density at radius 1 is 1.06 bits per heavy atom. The van der Waals surface area contributed by atoms with Crippen LogP contribution in [-0.2, 0) is 35.6 Å². The van der Waals surface area contributed by atoms with Crippen molar-refractivity contribution >= 4 is 27.7 Å². The largest absolute Gasteiger partial charge is 0.379 e. The molecule has 0 spiro atoms. The summed E-state index contributed by atoms with van der Waals surface area (Å²) in [5.41, 5.74) is 0.876. The van der Waals surface area contributed by atoms with Crippen molar-refractivity contribution in [2.45, 2.75) is 30.2 Å². The minimum Gasteiger partial charge on any atom is -0.379 e. The summed E-state index contributed by atoms with van der Waals surface area (Å²) in [6.45, 7) is 4.30. The third-order valence-corrected chi connectivity index (χ3v) is 6.93. The number of nitrogens with two attached hydrogens (primary N) is 1. The second kappa shape index (κ2) is 13.8. The number of amides is 3. The number of nitrogens with zero attached hydrogens (tertiary/aromatic N) is 2. The van der Waals surface area contributed by atoms with Crippen LogP contribution in [0.25, 0.3) is 0 Å². The lowest BCUT2D eigenvalue weighted by atomic mass is 10.1. The number of ether oxygens (including phenoxy) is 1. The fourth-order valence-corrected chi connectivity index (χ4v) is 4.22. The molecule has 200 valence electrons. The molecule has 0 unspecified atom stereocenters. The molecule has 3 rings (SSSR count). The Bertz CT molecular complexity index is 993. The highest BCUT2D eigenvalue weighted by atomic mass is 32.2. The lowest BCUT2D eigenvalue weighted by Gasteiger charge is -2.30. The standard InChI is InChI=1S/C23H36N6O6S/c24-36(33,34)20-5-1-18(2-6-20)7-8-25-15-21(30)27-22(31)17-29(23(32)16-26-19-3-4-19)10-9-28-11-13-35-14-12-28/h1-2,5-6,19,25-26H,3-4,7-17H2,(H2,24,33,34)(H,27,30,31). The molecule has 2 aliphatic rings. The Labute approximate surface area is 211 Å². The molecule has 0 atom stereocenters. The van der Waals surface area contributed by atoms with Crippen LogP contribution in [0.4, 0.5) is 0 Å². The highest BCUT2D eigenvalue weighted by Gasteiger charge is 2.24. The molecule has 1 aromatic carbocycles. The summed E-state index contributed by atoms with van der Waals surface area (Å²) < 4.78 is 28.0. The normalized spacial score (nSPS) is 16.5. The molecule has 1 heterocycles. The van der Waals surface area contributed by atoms with Crippen molar-refractivity contribution in [1.82, 2.24) is 25.8 Å². The van der Waals surface area contributed by atoms with E-state index in [1.54, 1.807) is 12.1 Å². The van der Waals surface area contributed by atoms with Gasteiger partial charge >= 0.3 is 0 Å². The number of hydrogen-bond acceptors (Lipinski definition) is 9. The molecule has 1 saturated heterocycles. The first-order valence-corrected chi connectivity index (χ1v) is 13.7.